The van der Waals surface area contributed by atoms with Gasteiger partial charge in [0.1, 0.15) is 5.82 Å². The van der Waals surface area contributed by atoms with E-state index in [9.17, 15) is 19.1 Å². The van der Waals surface area contributed by atoms with Crippen LogP contribution in [0.15, 0.2) is 41.8 Å². The molecule has 5 nitrogen and oxygen atoms in total. The van der Waals surface area contributed by atoms with Crippen LogP contribution in [0.1, 0.15) is 12.8 Å². The standard InChI is InChI=1S/C17H15FN2O3S/c18-11-7-5-10(6-8-11)14-9-24-17(19-14)20-15(21)12-3-1-2-4-13(12)16(22)23/h1-2,5-9,12-13H,3-4H2,(H,22,23)(H,19,20,21)/t12-,13+/m0/s1. The van der Waals surface area contributed by atoms with Crippen molar-refractivity contribution in [2.75, 3.05) is 5.32 Å². The van der Waals surface area contributed by atoms with E-state index in [0.717, 1.165) is 5.56 Å². The summed E-state index contributed by atoms with van der Waals surface area (Å²) in [6.07, 6.45) is 4.37. The van der Waals surface area contributed by atoms with Crippen LogP contribution in [0, 0.1) is 17.7 Å². The van der Waals surface area contributed by atoms with Crippen LogP contribution < -0.4 is 5.32 Å². The van der Waals surface area contributed by atoms with E-state index in [1.807, 2.05) is 6.08 Å². The van der Waals surface area contributed by atoms with Gasteiger partial charge >= 0.3 is 5.97 Å². The first kappa shape index (κ1) is 16.3. The lowest BCUT2D eigenvalue weighted by Gasteiger charge is -2.23. The van der Waals surface area contributed by atoms with Crippen LogP contribution in [-0.4, -0.2) is 22.0 Å². The normalized spacial score (nSPS) is 19.9. The molecular weight excluding hydrogens is 331 g/mol. The van der Waals surface area contributed by atoms with Gasteiger partial charge in [0, 0.05) is 10.9 Å². The summed E-state index contributed by atoms with van der Waals surface area (Å²) in [7, 11) is 0. The zero-order valence-electron chi connectivity index (χ0n) is 12.6. The summed E-state index contributed by atoms with van der Waals surface area (Å²) < 4.78 is 13.0. The average Bonchev–Trinajstić information content (AvgIpc) is 3.04. The van der Waals surface area contributed by atoms with Crippen molar-refractivity contribution >= 4 is 28.3 Å². The van der Waals surface area contributed by atoms with Gasteiger partial charge < -0.3 is 10.4 Å². The fourth-order valence-corrected chi connectivity index (χ4v) is 3.38. The smallest absolute Gasteiger partial charge is 0.307 e. The van der Waals surface area contributed by atoms with Crippen molar-refractivity contribution in [3.05, 3.63) is 47.6 Å². The highest BCUT2D eigenvalue weighted by molar-refractivity contribution is 7.14. The van der Waals surface area contributed by atoms with Gasteiger partial charge in [-0.1, -0.05) is 12.2 Å². The minimum absolute atomic E-state index is 0.326. The molecule has 1 amide bonds. The number of nitrogens with zero attached hydrogens (tertiary/aromatic N) is 1. The molecule has 0 unspecified atom stereocenters. The molecule has 2 N–H and O–H groups in total. The van der Waals surface area contributed by atoms with Crippen LogP contribution in [0.4, 0.5) is 9.52 Å². The number of carboxylic acid groups (broad SMARTS) is 1. The number of hydrogen-bond donors (Lipinski definition) is 2. The summed E-state index contributed by atoms with van der Waals surface area (Å²) in [5, 5.41) is 14.1. The SMILES string of the molecule is O=C(Nc1nc(-c2ccc(F)cc2)cs1)[C@H]1CC=CC[C@H]1C(=O)O. The number of rotatable bonds is 4. The first-order valence-electron chi connectivity index (χ1n) is 7.44. The molecule has 1 aliphatic carbocycles. The fraction of sp³-hybridized carbons (Fsp3) is 0.235. The van der Waals surface area contributed by atoms with Gasteiger partial charge in [-0.25, -0.2) is 9.37 Å². The predicted octanol–water partition coefficient (Wildman–Crippen LogP) is 3.55. The number of thiazole rings is 1. The lowest BCUT2D eigenvalue weighted by atomic mass is 9.82. The van der Waals surface area contributed by atoms with Gasteiger partial charge in [-0.15, -0.1) is 11.3 Å². The maximum atomic E-state index is 13.0. The Kier molecular flexibility index (Phi) is 4.71. The number of carbonyl (C=O) groups excluding carboxylic acids is 1. The van der Waals surface area contributed by atoms with Crippen molar-refractivity contribution < 1.29 is 19.1 Å². The second kappa shape index (κ2) is 6.92. The Bertz CT molecular complexity index is 785. The molecule has 1 heterocycles. The third kappa shape index (κ3) is 3.51. The van der Waals surface area contributed by atoms with Crippen LogP contribution in [0.5, 0.6) is 0 Å². The van der Waals surface area contributed by atoms with Gasteiger partial charge in [-0.3, -0.25) is 9.59 Å². The molecule has 1 aromatic heterocycles. The van der Waals surface area contributed by atoms with E-state index in [0.29, 0.717) is 23.7 Å². The van der Waals surface area contributed by atoms with Crippen LogP contribution in [0.25, 0.3) is 11.3 Å². The number of aliphatic carboxylic acids is 1. The van der Waals surface area contributed by atoms with E-state index in [1.165, 1.54) is 23.5 Å². The van der Waals surface area contributed by atoms with Crippen molar-refractivity contribution in [1.82, 2.24) is 4.98 Å². The zero-order valence-corrected chi connectivity index (χ0v) is 13.4. The third-order valence-electron chi connectivity index (χ3n) is 3.96. The molecule has 0 saturated carbocycles. The molecule has 0 radical (unpaired) electrons. The highest BCUT2D eigenvalue weighted by atomic mass is 32.1. The number of aromatic nitrogens is 1. The summed E-state index contributed by atoms with van der Waals surface area (Å²) in [5.74, 6) is -2.96. The zero-order chi connectivity index (χ0) is 17.1. The first-order chi connectivity index (χ1) is 11.5. The van der Waals surface area contributed by atoms with Crippen molar-refractivity contribution in [1.29, 1.82) is 0 Å². The number of carboxylic acids is 1. The summed E-state index contributed by atoms with van der Waals surface area (Å²) in [4.78, 5) is 28.0. The highest BCUT2D eigenvalue weighted by Gasteiger charge is 2.34. The van der Waals surface area contributed by atoms with E-state index in [1.54, 1.807) is 23.6 Å². The van der Waals surface area contributed by atoms with E-state index in [4.69, 9.17) is 0 Å². The quantitative estimate of drug-likeness (QED) is 0.830. The molecule has 7 heteroatoms. The van der Waals surface area contributed by atoms with Crippen LogP contribution in [-0.2, 0) is 9.59 Å². The Hall–Kier alpha value is -2.54. The molecule has 2 atom stereocenters. The van der Waals surface area contributed by atoms with Gasteiger partial charge in [-0.2, -0.15) is 0 Å². The van der Waals surface area contributed by atoms with Crippen molar-refractivity contribution in [2.45, 2.75) is 12.8 Å². The number of amides is 1. The van der Waals surface area contributed by atoms with Crippen molar-refractivity contribution in [2.24, 2.45) is 11.8 Å². The van der Waals surface area contributed by atoms with Crippen molar-refractivity contribution in [3.8, 4) is 11.3 Å². The number of hydrogen-bond acceptors (Lipinski definition) is 4. The lowest BCUT2D eigenvalue weighted by molar-refractivity contribution is -0.146. The Labute approximate surface area is 141 Å². The van der Waals surface area contributed by atoms with Crippen LogP contribution in [0.3, 0.4) is 0 Å². The van der Waals surface area contributed by atoms with Gasteiger partial charge in [0.25, 0.3) is 0 Å². The molecule has 0 spiro atoms. The number of anilines is 1. The van der Waals surface area contributed by atoms with Gasteiger partial charge in [0.2, 0.25) is 5.91 Å². The molecule has 0 bridgehead atoms. The molecule has 24 heavy (non-hydrogen) atoms. The van der Waals surface area contributed by atoms with Crippen molar-refractivity contribution in [3.63, 3.8) is 0 Å². The van der Waals surface area contributed by atoms with Gasteiger partial charge in [0.05, 0.1) is 17.5 Å². The first-order valence-corrected chi connectivity index (χ1v) is 8.32. The molecule has 1 aromatic carbocycles. The van der Waals surface area contributed by atoms with Crippen LogP contribution in [0.2, 0.25) is 0 Å². The summed E-state index contributed by atoms with van der Waals surface area (Å²) in [6.45, 7) is 0. The maximum absolute atomic E-state index is 13.0. The third-order valence-corrected chi connectivity index (χ3v) is 4.72. The Balaban J connectivity index is 1.72. The fourth-order valence-electron chi connectivity index (χ4n) is 2.66. The second-order valence-corrected chi connectivity index (χ2v) is 6.39. The molecule has 0 fully saturated rings. The lowest BCUT2D eigenvalue weighted by Crippen LogP contribution is -2.34. The summed E-state index contributed by atoms with van der Waals surface area (Å²) >= 11 is 1.25. The molecule has 0 saturated heterocycles. The number of halogens is 1. The number of carbonyl (C=O) groups is 2. The van der Waals surface area contributed by atoms with E-state index in [-0.39, 0.29) is 11.7 Å². The highest BCUT2D eigenvalue weighted by Crippen LogP contribution is 2.29. The number of allylic oxidation sites excluding steroid dienone is 2. The predicted molar refractivity (Wildman–Crippen MR) is 89.1 cm³/mol. The molecule has 1 aliphatic rings. The van der Waals surface area contributed by atoms with Gasteiger partial charge in [-0.05, 0) is 37.1 Å². The molecule has 3 rings (SSSR count). The summed E-state index contributed by atoms with van der Waals surface area (Å²) in [6, 6.07) is 5.92. The van der Waals surface area contributed by atoms with E-state index >= 15 is 0 Å². The Morgan fingerprint density at radius 2 is 1.83 bits per heavy atom. The van der Waals surface area contributed by atoms with E-state index in [2.05, 4.69) is 10.3 Å². The molecule has 2 aromatic rings. The Morgan fingerprint density at radius 3 is 2.50 bits per heavy atom. The van der Waals surface area contributed by atoms with E-state index < -0.39 is 17.8 Å². The topological polar surface area (TPSA) is 79.3 Å². The number of benzene rings is 1. The minimum atomic E-state index is -0.967. The minimum Gasteiger partial charge on any atom is -0.481 e. The molecular formula is C17H15FN2O3S. The number of nitrogens with one attached hydrogen (secondary N) is 1. The maximum Gasteiger partial charge on any atom is 0.307 e. The average molecular weight is 346 g/mol. The molecule has 0 aliphatic heterocycles. The van der Waals surface area contributed by atoms with Gasteiger partial charge in [0.15, 0.2) is 5.13 Å². The molecule has 124 valence electrons. The monoisotopic (exact) mass is 346 g/mol. The summed E-state index contributed by atoms with van der Waals surface area (Å²) in [5.41, 5.74) is 1.38. The second-order valence-electron chi connectivity index (χ2n) is 5.53. The van der Waals surface area contributed by atoms with Crippen LogP contribution >= 0.6 is 11.3 Å². The largest absolute Gasteiger partial charge is 0.481 e. The Morgan fingerprint density at radius 1 is 1.17 bits per heavy atom.